The fourth-order valence-electron chi connectivity index (χ4n) is 3.25. The number of hydrogen-bond acceptors (Lipinski definition) is 4. The minimum Gasteiger partial charge on any atom is -0.505 e. The first kappa shape index (κ1) is 17.1. The van der Waals surface area contributed by atoms with Crippen molar-refractivity contribution in [3.63, 3.8) is 0 Å². The van der Waals surface area contributed by atoms with E-state index in [1.54, 1.807) is 22.7 Å². The Hall–Kier alpha value is -2.30. The van der Waals surface area contributed by atoms with Gasteiger partial charge in [-0.05, 0) is 47.2 Å². The molecule has 4 heteroatoms. The van der Waals surface area contributed by atoms with E-state index in [-0.39, 0.29) is 0 Å². The molecule has 0 saturated heterocycles. The average molecular weight is 380 g/mol. The van der Waals surface area contributed by atoms with Crippen LogP contribution in [0.4, 0.5) is 5.69 Å². The number of rotatable bonds is 7. The van der Waals surface area contributed by atoms with Crippen LogP contribution < -0.4 is 4.90 Å². The quantitative estimate of drug-likeness (QED) is 0.428. The third kappa shape index (κ3) is 3.76. The first-order chi connectivity index (χ1) is 12.8. The standard InChI is InChI=1S/C22H21NOS2/c24-22-20-8-2-1-5-17(20)9-10-21(22)23(13-11-18-6-3-15-25-18)14-12-19-7-4-16-26-19/h1-10,15-16,24H,11-14H2. The van der Waals surface area contributed by atoms with Crippen molar-refractivity contribution in [3.05, 3.63) is 81.2 Å². The van der Waals surface area contributed by atoms with Crippen LogP contribution in [-0.2, 0) is 12.8 Å². The molecule has 0 saturated carbocycles. The van der Waals surface area contributed by atoms with Crippen molar-refractivity contribution in [2.45, 2.75) is 12.8 Å². The third-order valence-electron chi connectivity index (χ3n) is 4.64. The van der Waals surface area contributed by atoms with Crippen molar-refractivity contribution in [2.75, 3.05) is 18.0 Å². The Morgan fingerprint density at radius 1 is 0.731 bits per heavy atom. The topological polar surface area (TPSA) is 23.5 Å². The molecule has 2 aromatic heterocycles. The van der Waals surface area contributed by atoms with Gasteiger partial charge in [-0.25, -0.2) is 0 Å². The molecule has 0 aliphatic carbocycles. The lowest BCUT2D eigenvalue weighted by molar-refractivity contribution is 0.480. The summed E-state index contributed by atoms with van der Waals surface area (Å²) in [5.41, 5.74) is 0.928. The van der Waals surface area contributed by atoms with Gasteiger partial charge in [-0.3, -0.25) is 0 Å². The molecular formula is C22H21NOS2. The Morgan fingerprint density at radius 3 is 2.00 bits per heavy atom. The smallest absolute Gasteiger partial charge is 0.146 e. The number of aromatic hydroxyl groups is 1. The molecule has 2 nitrogen and oxygen atoms in total. The molecule has 0 bridgehead atoms. The minimum absolute atomic E-state index is 0.389. The summed E-state index contributed by atoms with van der Waals surface area (Å²) in [7, 11) is 0. The molecule has 0 aliphatic rings. The van der Waals surface area contributed by atoms with Crippen LogP contribution in [0.2, 0.25) is 0 Å². The van der Waals surface area contributed by atoms with Crippen LogP contribution in [-0.4, -0.2) is 18.2 Å². The molecule has 0 spiro atoms. The van der Waals surface area contributed by atoms with Crippen LogP contribution in [0.5, 0.6) is 5.75 Å². The predicted octanol–water partition coefficient (Wildman–Crippen LogP) is 5.96. The number of phenolic OH excluding ortho intramolecular Hbond substituents is 1. The number of hydrogen-bond donors (Lipinski definition) is 1. The second kappa shape index (κ2) is 7.94. The first-order valence-electron chi connectivity index (χ1n) is 8.82. The van der Waals surface area contributed by atoms with Crippen molar-refractivity contribution in [1.82, 2.24) is 0 Å². The molecule has 0 amide bonds. The maximum absolute atomic E-state index is 10.9. The van der Waals surface area contributed by atoms with Crippen LogP contribution in [0.25, 0.3) is 10.8 Å². The molecule has 1 N–H and O–H groups in total. The summed E-state index contributed by atoms with van der Waals surface area (Å²) >= 11 is 3.59. The zero-order valence-electron chi connectivity index (χ0n) is 14.5. The summed E-state index contributed by atoms with van der Waals surface area (Å²) in [6.07, 6.45) is 1.99. The summed E-state index contributed by atoms with van der Waals surface area (Å²) in [6.45, 7) is 1.80. The Bertz CT molecular complexity index is 923. The zero-order chi connectivity index (χ0) is 17.8. The molecule has 2 aromatic carbocycles. The van der Waals surface area contributed by atoms with E-state index in [1.165, 1.54) is 9.75 Å². The second-order valence-corrected chi connectivity index (χ2v) is 8.36. The van der Waals surface area contributed by atoms with E-state index in [2.05, 4.69) is 52.1 Å². The SMILES string of the molecule is Oc1c(N(CCc2cccs2)CCc2cccs2)ccc2ccccc12. The zero-order valence-corrected chi connectivity index (χ0v) is 16.1. The highest BCUT2D eigenvalue weighted by molar-refractivity contribution is 7.10. The fraction of sp³-hybridized carbons (Fsp3) is 0.182. The van der Waals surface area contributed by atoms with Crippen LogP contribution in [0.15, 0.2) is 71.4 Å². The molecule has 0 radical (unpaired) electrons. The van der Waals surface area contributed by atoms with Crippen LogP contribution in [0, 0.1) is 0 Å². The summed E-state index contributed by atoms with van der Waals surface area (Å²) in [5, 5.41) is 17.1. The van der Waals surface area contributed by atoms with Gasteiger partial charge in [0.05, 0.1) is 5.69 Å². The van der Waals surface area contributed by atoms with Gasteiger partial charge in [0.15, 0.2) is 0 Å². The number of fused-ring (bicyclic) bond motifs is 1. The molecule has 4 aromatic rings. The van der Waals surface area contributed by atoms with E-state index in [0.717, 1.165) is 42.4 Å². The van der Waals surface area contributed by atoms with Gasteiger partial charge in [0.1, 0.15) is 5.75 Å². The summed E-state index contributed by atoms with van der Waals surface area (Å²) < 4.78 is 0. The van der Waals surface area contributed by atoms with Gasteiger partial charge in [-0.1, -0.05) is 42.5 Å². The molecule has 2 heterocycles. The Balaban J connectivity index is 1.61. The van der Waals surface area contributed by atoms with Gasteiger partial charge < -0.3 is 10.0 Å². The van der Waals surface area contributed by atoms with E-state index < -0.39 is 0 Å². The minimum atomic E-state index is 0.389. The number of benzene rings is 2. The molecule has 0 atom stereocenters. The van der Waals surface area contributed by atoms with Crippen molar-refractivity contribution in [2.24, 2.45) is 0 Å². The summed E-state index contributed by atoms with van der Waals surface area (Å²) in [4.78, 5) is 5.08. The first-order valence-corrected chi connectivity index (χ1v) is 10.6. The maximum Gasteiger partial charge on any atom is 0.146 e. The summed E-state index contributed by atoms with van der Waals surface area (Å²) in [5.74, 6) is 0.389. The monoisotopic (exact) mass is 379 g/mol. The van der Waals surface area contributed by atoms with Crippen molar-refractivity contribution in [1.29, 1.82) is 0 Å². The van der Waals surface area contributed by atoms with Gasteiger partial charge in [-0.2, -0.15) is 0 Å². The van der Waals surface area contributed by atoms with Gasteiger partial charge in [0.25, 0.3) is 0 Å². The Labute approximate surface area is 162 Å². The highest BCUT2D eigenvalue weighted by Crippen LogP contribution is 2.35. The molecule has 0 unspecified atom stereocenters. The van der Waals surface area contributed by atoms with Crippen LogP contribution >= 0.6 is 22.7 Å². The average Bonchev–Trinajstić information content (AvgIpc) is 3.37. The Morgan fingerprint density at radius 2 is 1.38 bits per heavy atom. The number of anilines is 1. The normalized spacial score (nSPS) is 11.1. The van der Waals surface area contributed by atoms with Crippen molar-refractivity contribution >= 4 is 39.1 Å². The van der Waals surface area contributed by atoms with Crippen molar-refractivity contribution < 1.29 is 5.11 Å². The number of phenols is 1. The lowest BCUT2D eigenvalue weighted by Crippen LogP contribution is -2.28. The number of nitrogens with zero attached hydrogens (tertiary/aromatic N) is 1. The summed E-state index contributed by atoms with van der Waals surface area (Å²) in [6, 6.07) is 20.7. The molecule has 4 rings (SSSR count). The lowest BCUT2D eigenvalue weighted by atomic mass is 10.1. The molecule has 0 fully saturated rings. The second-order valence-electron chi connectivity index (χ2n) is 6.30. The number of thiophene rings is 2. The molecule has 26 heavy (non-hydrogen) atoms. The van der Waals surface area contributed by atoms with Gasteiger partial charge in [0, 0.05) is 28.2 Å². The van der Waals surface area contributed by atoms with E-state index >= 15 is 0 Å². The highest BCUT2D eigenvalue weighted by Gasteiger charge is 2.14. The Kier molecular flexibility index (Phi) is 5.23. The molecule has 0 aliphatic heterocycles. The maximum atomic E-state index is 10.9. The fourth-order valence-corrected chi connectivity index (χ4v) is 4.65. The third-order valence-corrected chi connectivity index (χ3v) is 6.51. The van der Waals surface area contributed by atoms with Crippen LogP contribution in [0.3, 0.4) is 0 Å². The van der Waals surface area contributed by atoms with Gasteiger partial charge in [0.2, 0.25) is 0 Å². The van der Waals surface area contributed by atoms with Gasteiger partial charge >= 0.3 is 0 Å². The van der Waals surface area contributed by atoms with E-state index in [9.17, 15) is 5.11 Å². The largest absolute Gasteiger partial charge is 0.505 e. The molecule has 132 valence electrons. The van der Waals surface area contributed by atoms with E-state index in [0.29, 0.717) is 5.75 Å². The van der Waals surface area contributed by atoms with E-state index in [1.807, 2.05) is 24.3 Å². The van der Waals surface area contributed by atoms with E-state index in [4.69, 9.17) is 0 Å². The van der Waals surface area contributed by atoms with Crippen molar-refractivity contribution in [3.8, 4) is 5.75 Å². The molecular weight excluding hydrogens is 358 g/mol. The predicted molar refractivity (Wildman–Crippen MR) is 114 cm³/mol. The van der Waals surface area contributed by atoms with Gasteiger partial charge in [-0.15, -0.1) is 22.7 Å². The lowest BCUT2D eigenvalue weighted by Gasteiger charge is -2.26. The highest BCUT2D eigenvalue weighted by atomic mass is 32.1. The van der Waals surface area contributed by atoms with Crippen LogP contribution in [0.1, 0.15) is 9.75 Å².